The number of rotatable bonds is 7. The van der Waals surface area contributed by atoms with Crippen LogP contribution in [0.2, 0.25) is 0 Å². The summed E-state index contributed by atoms with van der Waals surface area (Å²) in [5.74, 6) is -3.30. The number of hydrogen-bond acceptors (Lipinski definition) is 7. The molecule has 0 saturated heterocycles. The van der Waals surface area contributed by atoms with Gasteiger partial charge in [-0.1, -0.05) is 66.7 Å². The quantitative estimate of drug-likeness (QED) is 0.116. The van der Waals surface area contributed by atoms with E-state index in [1.54, 1.807) is 60.7 Å². The van der Waals surface area contributed by atoms with Crippen LogP contribution in [0.25, 0.3) is 0 Å². The minimum absolute atomic E-state index is 0. The van der Waals surface area contributed by atoms with E-state index >= 15 is 0 Å². The monoisotopic (exact) mass is 694 g/mol. The first-order chi connectivity index (χ1) is 21.2. The summed E-state index contributed by atoms with van der Waals surface area (Å²) in [5.41, 5.74) is -5.11. The molecule has 1 aromatic heterocycles. The normalized spacial score (nSPS) is 13.4. The van der Waals surface area contributed by atoms with Crippen molar-refractivity contribution in [1.82, 2.24) is 14.0 Å². The van der Waals surface area contributed by atoms with Crippen LogP contribution in [0.4, 0.5) is 37.7 Å². The fourth-order valence-corrected chi connectivity index (χ4v) is 4.87. The van der Waals surface area contributed by atoms with Crippen molar-refractivity contribution in [3.63, 3.8) is 0 Å². The van der Waals surface area contributed by atoms with Crippen molar-refractivity contribution in [2.45, 2.75) is 31.5 Å². The number of fused-ring (bicyclic) bond motifs is 1. The molecule has 2 amide bonds. The zero-order valence-electron chi connectivity index (χ0n) is 22.9. The molecule has 1 aliphatic rings. The van der Waals surface area contributed by atoms with Crippen molar-refractivity contribution in [3.8, 4) is 5.88 Å². The second-order valence-electron chi connectivity index (χ2n) is 9.77. The van der Waals surface area contributed by atoms with E-state index in [1.807, 2.05) is 0 Å². The van der Waals surface area contributed by atoms with E-state index in [4.69, 9.17) is 0 Å². The Balaban J connectivity index is 0.00000480. The number of amides is 2. The van der Waals surface area contributed by atoms with Crippen molar-refractivity contribution in [2.24, 2.45) is 10.2 Å². The van der Waals surface area contributed by atoms with Gasteiger partial charge < -0.3 is 5.11 Å². The first-order valence-corrected chi connectivity index (χ1v) is 12.9. The average molecular weight is 695 g/mol. The predicted molar refractivity (Wildman–Crippen MR) is 145 cm³/mol. The second kappa shape index (κ2) is 12.8. The Kier molecular flexibility index (Phi) is 9.40. The molecule has 0 saturated carbocycles. The van der Waals surface area contributed by atoms with Crippen molar-refractivity contribution < 1.29 is 58.1 Å². The van der Waals surface area contributed by atoms with Gasteiger partial charge in [0, 0.05) is 0 Å². The van der Waals surface area contributed by atoms with Gasteiger partial charge in [0.25, 0.3) is 17.4 Å². The Labute approximate surface area is 264 Å². The van der Waals surface area contributed by atoms with E-state index in [1.165, 1.54) is 12.1 Å². The van der Waals surface area contributed by atoms with E-state index in [0.29, 0.717) is 11.1 Å². The molecule has 46 heavy (non-hydrogen) atoms. The number of carbonyl (C=O) groups is 2. The molecule has 17 heteroatoms. The van der Waals surface area contributed by atoms with Crippen LogP contribution in [0.3, 0.4) is 0 Å². The van der Waals surface area contributed by atoms with Gasteiger partial charge in [0.05, 0.1) is 22.9 Å². The molecule has 0 spiro atoms. The summed E-state index contributed by atoms with van der Waals surface area (Å²) in [5, 5.41) is 17.4. The van der Waals surface area contributed by atoms with Gasteiger partial charge in [-0.3, -0.25) is 23.9 Å². The fourth-order valence-electron chi connectivity index (χ4n) is 4.87. The second-order valence-corrected chi connectivity index (χ2v) is 9.77. The molecular weight excluding hydrogens is 676 g/mol. The van der Waals surface area contributed by atoms with Gasteiger partial charge in [-0.2, -0.15) is 26.3 Å². The molecule has 1 aliphatic heterocycles. The summed E-state index contributed by atoms with van der Waals surface area (Å²) in [6.45, 7) is -4.53. The van der Waals surface area contributed by atoms with Crippen LogP contribution in [0.1, 0.15) is 37.9 Å². The fraction of sp³-hybridized carbons (Fsp3) is 0.172. The van der Waals surface area contributed by atoms with Gasteiger partial charge in [0.2, 0.25) is 11.6 Å². The topological polar surface area (TPSA) is 126 Å². The molecule has 1 N–H and O–H groups in total. The third-order valence-electron chi connectivity index (χ3n) is 6.72. The maximum atomic E-state index is 13.8. The van der Waals surface area contributed by atoms with Crippen molar-refractivity contribution in [2.75, 3.05) is 0 Å². The Bertz CT molecular complexity index is 1900. The number of azo groups is 1. The Morgan fingerprint density at radius 3 is 1.72 bits per heavy atom. The molecule has 0 atom stereocenters. The Morgan fingerprint density at radius 1 is 0.674 bits per heavy atom. The van der Waals surface area contributed by atoms with Gasteiger partial charge in [-0.05, 0) is 23.3 Å². The number of carbonyl (C=O) groups excluding carboxylic acids is 2. The van der Waals surface area contributed by atoms with Crippen LogP contribution in [-0.4, -0.2) is 43.3 Å². The molecule has 0 unspecified atom stereocenters. The number of halogens is 6. The number of alkyl halides is 6. The maximum Gasteiger partial charge on any atom is 2.00 e. The van der Waals surface area contributed by atoms with Crippen LogP contribution < -0.4 is 11.2 Å². The number of aromatic hydroxyl groups is 1. The summed E-state index contributed by atoms with van der Waals surface area (Å²) < 4.78 is 77.6. The zero-order valence-corrected chi connectivity index (χ0v) is 23.8. The van der Waals surface area contributed by atoms with Crippen molar-refractivity contribution >= 4 is 23.2 Å². The Morgan fingerprint density at radius 2 is 1.20 bits per heavy atom. The van der Waals surface area contributed by atoms with Gasteiger partial charge >= 0.3 is 35.1 Å². The number of aromatic nitrogens is 2. The van der Waals surface area contributed by atoms with Gasteiger partial charge in [-0.15, -0.1) is 10.2 Å². The standard InChI is InChI=1S/C29H19F6N5O5.Cu/c30-28(31,32)14-38-25(43)21(26(44)39(27(38)45)15-29(33,34)35)37-36-19-13-7-12-18-20(19)24(42)40(23(18)41)22(16-8-3-1-4-9-16)17-10-5-2-6-11-17;/h1-13,22,43H,14-15H2;/q;+2. The third-order valence-corrected chi connectivity index (χ3v) is 6.72. The first-order valence-electron chi connectivity index (χ1n) is 12.9. The summed E-state index contributed by atoms with van der Waals surface area (Å²) in [7, 11) is 0. The van der Waals surface area contributed by atoms with Crippen LogP contribution in [0.5, 0.6) is 5.88 Å². The minimum Gasteiger partial charge on any atom is -0.493 e. The van der Waals surface area contributed by atoms with E-state index in [-0.39, 0.29) is 33.9 Å². The third kappa shape index (κ3) is 6.65. The molecule has 0 bridgehead atoms. The van der Waals surface area contributed by atoms with Gasteiger partial charge in [0.1, 0.15) is 13.1 Å². The minimum atomic E-state index is -5.21. The van der Waals surface area contributed by atoms with E-state index in [9.17, 15) is 50.6 Å². The molecule has 10 nitrogen and oxygen atoms in total. The Hall–Kier alpha value is -5.02. The summed E-state index contributed by atoms with van der Waals surface area (Å²) in [6, 6.07) is 20.0. The van der Waals surface area contributed by atoms with Crippen LogP contribution in [-0.2, 0) is 30.2 Å². The van der Waals surface area contributed by atoms with E-state index in [0.717, 1.165) is 11.0 Å². The largest absolute Gasteiger partial charge is 2.00 e. The van der Waals surface area contributed by atoms with Crippen LogP contribution in [0, 0.1) is 0 Å². The summed E-state index contributed by atoms with van der Waals surface area (Å²) >= 11 is 0. The SMILES string of the molecule is O=C1c2cccc(N=Nc3c(O)n(CC(F)(F)F)c(=O)n(CC(F)(F)F)c3=O)c2C(=O)N1C(c1ccccc1)c1ccccc1.[Cu+2]. The predicted octanol–water partition coefficient (Wildman–Crippen LogP) is 5.64. The van der Waals surface area contributed by atoms with Crippen molar-refractivity contribution in [1.29, 1.82) is 0 Å². The molecule has 4 aromatic rings. The summed E-state index contributed by atoms with van der Waals surface area (Å²) in [6.07, 6.45) is -10.4. The number of imide groups is 1. The van der Waals surface area contributed by atoms with Crippen molar-refractivity contribution in [3.05, 3.63) is 122 Å². The molecule has 1 radical (unpaired) electrons. The summed E-state index contributed by atoms with van der Waals surface area (Å²) in [4.78, 5) is 53.5. The number of benzene rings is 3. The van der Waals surface area contributed by atoms with Crippen LogP contribution in [0.15, 0.2) is 98.7 Å². The average Bonchev–Trinajstić information content (AvgIpc) is 3.24. The molecule has 5 rings (SSSR count). The number of hydrogen-bond donors (Lipinski definition) is 1. The maximum absolute atomic E-state index is 13.8. The zero-order chi connectivity index (χ0) is 32.7. The van der Waals surface area contributed by atoms with Gasteiger partial charge in [0.15, 0.2) is 0 Å². The molecular formula is C29H19CuF6N5O5+2. The molecule has 241 valence electrons. The molecule has 2 heterocycles. The van der Waals surface area contributed by atoms with E-state index in [2.05, 4.69) is 10.2 Å². The number of nitrogens with zero attached hydrogens (tertiary/aromatic N) is 5. The van der Waals surface area contributed by atoms with Crippen LogP contribution >= 0.6 is 0 Å². The van der Waals surface area contributed by atoms with Gasteiger partial charge in [-0.25, -0.2) is 9.36 Å². The molecule has 3 aromatic carbocycles. The smallest absolute Gasteiger partial charge is 0.493 e. The van der Waals surface area contributed by atoms with E-state index < -0.39 is 75.2 Å². The molecule has 0 aliphatic carbocycles. The first kappa shape index (κ1) is 33.9. The molecule has 0 fully saturated rings.